The van der Waals surface area contributed by atoms with Crippen LogP contribution in [0.25, 0.3) is 11.1 Å². The van der Waals surface area contributed by atoms with E-state index in [2.05, 4.69) is 0 Å². The molecule has 2 aromatic carbocycles. The number of alkyl halides is 3. The molecule has 7 heteroatoms. The molecule has 1 aliphatic carbocycles. The molecule has 3 rings (SSSR count). The molecular formula is C19H16ClF3O2S. The van der Waals surface area contributed by atoms with E-state index in [0.29, 0.717) is 5.56 Å². The van der Waals surface area contributed by atoms with Crippen LogP contribution in [-0.4, -0.2) is 14.7 Å². The summed E-state index contributed by atoms with van der Waals surface area (Å²) < 4.78 is 61.8. The van der Waals surface area contributed by atoms with Crippen LogP contribution in [0, 0.1) is 0 Å². The zero-order valence-electron chi connectivity index (χ0n) is 13.9. The highest BCUT2D eigenvalue weighted by atomic mass is 35.5. The fourth-order valence-corrected chi connectivity index (χ4v) is 4.14. The number of hydrogen-bond acceptors (Lipinski definition) is 2. The summed E-state index contributed by atoms with van der Waals surface area (Å²) in [6, 6.07) is 10.4. The topological polar surface area (TPSA) is 34.1 Å². The van der Waals surface area contributed by atoms with Crippen LogP contribution in [-0.2, 0) is 16.0 Å². The summed E-state index contributed by atoms with van der Waals surface area (Å²) in [5.41, 5.74) is 2.66. The van der Waals surface area contributed by atoms with Gasteiger partial charge in [-0.15, -0.1) is 0 Å². The molecule has 2 aromatic rings. The Morgan fingerprint density at radius 3 is 1.96 bits per heavy atom. The summed E-state index contributed by atoms with van der Waals surface area (Å²) in [7, 11) is -3.27. The molecule has 26 heavy (non-hydrogen) atoms. The normalized spacial score (nSPS) is 15.6. The lowest BCUT2D eigenvalue weighted by atomic mass is 9.96. The zero-order valence-corrected chi connectivity index (χ0v) is 15.5. The standard InChI is InChI=1S/C19H16ClF3O2S/c1-26(24,25)14-8-5-12(6-9-14)15-3-2-4-16(15)13-7-10-17(18(20)11-13)19(21,22)23/h5-11H,2-4H2,1H3. The molecule has 138 valence electrons. The highest BCUT2D eigenvalue weighted by Gasteiger charge is 2.33. The van der Waals surface area contributed by atoms with Gasteiger partial charge in [0.2, 0.25) is 0 Å². The number of hydrogen-bond donors (Lipinski definition) is 0. The quantitative estimate of drug-likeness (QED) is 0.647. The van der Waals surface area contributed by atoms with E-state index < -0.39 is 21.6 Å². The summed E-state index contributed by atoms with van der Waals surface area (Å²) in [6.07, 6.45) is -0.926. The Labute approximate surface area is 155 Å². The second-order valence-electron chi connectivity index (χ2n) is 6.30. The Balaban J connectivity index is 2.02. The first-order valence-electron chi connectivity index (χ1n) is 7.97. The van der Waals surface area contributed by atoms with Gasteiger partial charge in [-0.3, -0.25) is 0 Å². The van der Waals surface area contributed by atoms with Crippen LogP contribution in [0.4, 0.5) is 13.2 Å². The fraction of sp³-hybridized carbons (Fsp3) is 0.263. The van der Waals surface area contributed by atoms with Crippen molar-refractivity contribution in [2.24, 2.45) is 0 Å². The first-order valence-corrected chi connectivity index (χ1v) is 10.2. The van der Waals surface area contributed by atoms with Crippen molar-refractivity contribution in [2.45, 2.75) is 30.3 Å². The van der Waals surface area contributed by atoms with Gasteiger partial charge >= 0.3 is 6.18 Å². The minimum absolute atomic E-state index is 0.235. The molecule has 0 N–H and O–H groups in total. The second-order valence-corrected chi connectivity index (χ2v) is 8.72. The van der Waals surface area contributed by atoms with Crippen LogP contribution >= 0.6 is 11.6 Å². The Kier molecular flexibility index (Phi) is 4.92. The average molecular weight is 401 g/mol. The Morgan fingerprint density at radius 2 is 1.46 bits per heavy atom. The van der Waals surface area contributed by atoms with Gasteiger partial charge in [-0.25, -0.2) is 8.42 Å². The van der Waals surface area contributed by atoms with E-state index in [-0.39, 0.29) is 9.92 Å². The largest absolute Gasteiger partial charge is 0.417 e. The van der Waals surface area contributed by atoms with E-state index in [1.165, 1.54) is 12.1 Å². The average Bonchev–Trinajstić information content (AvgIpc) is 3.02. The van der Waals surface area contributed by atoms with E-state index >= 15 is 0 Å². The summed E-state index contributed by atoms with van der Waals surface area (Å²) in [5, 5.41) is -0.318. The third-order valence-corrected chi connectivity index (χ3v) is 5.91. The van der Waals surface area contributed by atoms with Gasteiger partial charge in [0, 0.05) is 6.26 Å². The predicted molar refractivity (Wildman–Crippen MR) is 96.7 cm³/mol. The van der Waals surface area contributed by atoms with Gasteiger partial charge in [0.1, 0.15) is 0 Å². The molecule has 0 unspecified atom stereocenters. The van der Waals surface area contributed by atoms with Crippen molar-refractivity contribution in [1.82, 2.24) is 0 Å². The Bertz CT molecular complexity index is 975. The summed E-state index contributed by atoms with van der Waals surface area (Å²) in [5.74, 6) is 0. The molecule has 0 amide bonds. The first-order chi connectivity index (χ1) is 12.1. The first kappa shape index (κ1) is 19.0. The van der Waals surface area contributed by atoms with Crippen molar-refractivity contribution < 1.29 is 21.6 Å². The molecule has 0 radical (unpaired) electrons. The number of allylic oxidation sites excluding steroid dienone is 2. The van der Waals surface area contributed by atoms with E-state index in [4.69, 9.17) is 11.6 Å². The number of benzene rings is 2. The maximum absolute atomic E-state index is 12.9. The molecule has 0 heterocycles. The van der Waals surface area contributed by atoms with Crippen molar-refractivity contribution in [3.05, 3.63) is 64.2 Å². The van der Waals surface area contributed by atoms with Gasteiger partial charge in [0.15, 0.2) is 9.84 Å². The zero-order chi connectivity index (χ0) is 19.1. The SMILES string of the molecule is CS(=O)(=O)c1ccc(C2=C(c3ccc(C(F)(F)F)c(Cl)c3)CCC2)cc1. The lowest BCUT2D eigenvalue weighted by molar-refractivity contribution is -0.137. The van der Waals surface area contributed by atoms with E-state index in [9.17, 15) is 21.6 Å². The molecule has 2 nitrogen and oxygen atoms in total. The maximum atomic E-state index is 12.9. The summed E-state index contributed by atoms with van der Waals surface area (Å²) in [4.78, 5) is 0.235. The number of rotatable bonds is 3. The third-order valence-electron chi connectivity index (χ3n) is 4.47. The molecule has 0 saturated heterocycles. The molecule has 0 atom stereocenters. The van der Waals surface area contributed by atoms with Gasteiger partial charge in [-0.2, -0.15) is 13.2 Å². The Morgan fingerprint density at radius 1 is 0.923 bits per heavy atom. The fourth-order valence-electron chi connectivity index (χ4n) is 3.22. The van der Waals surface area contributed by atoms with Gasteiger partial charge in [0.05, 0.1) is 15.5 Å². The molecule has 0 aromatic heterocycles. The summed E-state index contributed by atoms with van der Waals surface area (Å²) >= 11 is 5.85. The van der Waals surface area contributed by atoms with E-state index in [1.807, 2.05) is 0 Å². The number of sulfone groups is 1. The Hall–Kier alpha value is -1.79. The molecule has 0 bridgehead atoms. The second kappa shape index (κ2) is 6.74. The number of halogens is 4. The van der Waals surface area contributed by atoms with Gasteiger partial charge in [-0.05, 0) is 65.8 Å². The van der Waals surface area contributed by atoms with Crippen LogP contribution in [0.15, 0.2) is 47.4 Å². The molecule has 0 saturated carbocycles. The lowest BCUT2D eigenvalue weighted by Gasteiger charge is -2.13. The highest BCUT2D eigenvalue weighted by molar-refractivity contribution is 7.90. The molecular weight excluding hydrogens is 385 g/mol. The molecule has 0 aliphatic heterocycles. The van der Waals surface area contributed by atoms with Crippen LogP contribution < -0.4 is 0 Å². The van der Waals surface area contributed by atoms with Crippen molar-refractivity contribution in [3.8, 4) is 0 Å². The monoisotopic (exact) mass is 400 g/mol. The van der Waals surface area contributed by atoms with Crippen LogP contribution in [0.2, 0.25) is 5.02 Å². The van der Waals surface area contributed by atoms with Gasteiger partial charge in [-0.1, -0.05) is 29.8 Å². The minimum atomic E-state index is -4.48. The van der Waals surface area contributed by atoms with Crippen LogP contribution in [0.1, 0.15) is 36.0 Å². The van der Waals surface area contributed by atoms with Gasteiger partial charge in [0.25, 0.3) is 0 Å². The summed E-state index contributed by atoms with van der Waals surface area (Å²) in [6.45, 7) is 0. The van der Waals surface area contributed by atoms with Crippen molar-refractivity contribution >= 4 is 32.6 Å². The van der Waals surface area contributed by atoms with Crippen molar-refractivity contribution in [2.75, 3.05) is 6.26 Å². The third kappa shape index (κ3) is 3.81. The minimum Gasteiger partial charge on any atom is -0.224 e. The van der Waals surface area contributed by atoms with Gasteiger partial charge < -0.3 is 0 Å². The molecule has 0 spiro atoms. The van der Waals surface area contributed by atoms with Crippen LogP contribution in [0.3, 0.4) is 0 Å². The smallest absolute Gasteiger partial charge is 0.224 e. The van der Waals surface area contributed by atoms with E-state index in [0.717, 1.165) is 48.3 Å². The van der Waals surface area contributed by atoms with E-state index in [1.54, 1.807) is 24.3 Å². The molecule has 1 aliphatic rings. The van der Waals surface area contributed by atoms with Crippen molar-refractivity contribution in [3.63, 3.8) is 0 Å². The van der Waals surface area contributed by atoms with Crippen molar-refractivity contribution in [1.29, 1.82) is 0 Å². The predicted octanol–water partition coefficient (Wildman–Crippen LogP) is 5.86. The molecule has 0 fully saturated rings. The van der Waals surface area contributed by atoms with Crippen LogP contribution in [0.5, 0.6) is 0 Å². The highest BCUT2D eigenvalue weighted by Crippen LogP contribution is 2.42. The maximum Gasteiger partial charge on any atom is 0.417 e. The lowest BCUT2D eigenvalue weighted by Crippen LogP contribution is -2.06.